The normalized spacial score (nSPS) is 7.00. The number of hydrogen-bond donors (Lipinski definition) is 0. The van der Waals surface area contributed by atoms with Crippen LogP contribution in [0.2, 0.25) is 0 Å². The molecule has 0 aliphatic rings. The van der Waals surface area contributed by atoms with Crippen LogP contribution in [0.15, 0.2) is 25.3 Å². The van der Waals surface area contributed by atoms with Crippen molar-refractivity contribution in [1.29, 1.82) is 0 Å². The third kappa shape index (κ3) is 9.25. The molecule has 0 amide bonds. The molecule has 0 fully saturated rings. The Balaban J connectivity index is 0. The van der Waals surface area contributed by atoms with Crippen LogP contribution in [0.25, 0.3) is 0 Å². The van der Waals surface area contributed by atoms with Crippen LogP contribution in [0.4, 0.5) is 0 Å². The van der Waals surface area contributed by atoms with Crippen LogP contribution in [0.3, 0.4) is 0 Å². The van der Waals surface area contributed by atoms with Gasteiger partial charge in [0.05, 0.1) is 13.2 Å². The largest absolute Gasteiger partial charge is 0.373 e. The lowest BCUT2D eigenvalue weighted by atomic mass is 10.6. The lowest BCUT2D eigenvalue weighted by molar-refractivity contribution is 0.194. The van der Waals surface area contributed by atoms with Crippen molar-refractivity contribution in [3.8, 4) is 0 Å². The van der Waals surface area contributed by atoms with Crippen molar-refractivity contribution in [2.45, 2.75) is 0 Å². The van der Waals surface area contributed by atoms with E-state index in [1.807, 2.05) is 0 Å². The second kappa shape index (κ2) is 9.92. The zero-order valence-corrected chi connectivity index (χ0v) is 5.89. The van der Waals surface area contributed by atoms with Gasteiger partial charge >= 0.3 is 0 Å². The Bertz CT molecular complexity index is 53.5. The second-order valence-electron chi connectivity index (χ2n) is 1.11. The third-order valence-corrected chi connectivity index (χ3v) is 0.471. The molecule has 0 bridgehead atoms. The minimum Gasteiger partial charge on any atom is -0.373 e. The monoisotopic (exact) mass is 132 g/mol. The van der Waals surface area contributed by atoms with E-state index in [2.05, 4.69) is 13.2 Å². The molecule has 1 nitrogen and oxygen atoms in total. The highest BCUT2D eigenvalue weighted by atomic mass is 32.1. The van der Waals surface area contributed by atoms with E-state index in [4.69, 9.17) is 4.74 Å². The highest BCUT2D eigenvalue weighted by Crippen LogP contribution is 1.72. The van der Waals surface area contributed by atoms with Gasteiger partial charge in [0.2, 0.25) is 0 Å². The van der Waals surface area contributed by atoms with Gasteiger partial charge < -0.3 is 4.74 Å². The first kappa shape index (κ1) is 10.7. The third-order valence-electron chi connectivity index (χ3n) is 0.471. The molecule has 0 aliphatic carbocycles. The summed E-state index contributed by atoms with van der Waals surface area (Å²) in [6.07, 6.45) is 3.42. The Morgan fingerprint density at radius 3 is 1.75 bits per heavy atom. The minimum atomic E-state index is 0. The number of rotatable bonds is 4. The van der Waals surface area contributed by atoms with Crippen LogP contribution in [0, 0.1) is 0 Å². The molecule has 2 heteroatoms. The minimum absolute atomic E-state index is 0. The lowest BCUT2D eigenvalue weighted by Crippen LogP contribution is -1.87. The molecule has 0 N–H and O–H groups in total. The Morgan fingerprint density at radius 2 is 1.50 bits per heavy atom. The Hall–Kier alpha value is -0.210. The molecule has 8 heavy (non-hydrogen) atoms. The first-order valence-electron chi connectivity index (χ1n) is 2.21. The van der Waals surface area contributed by atoms with Gasteiger partial charge in [-0.3, -0.25) is 0 Å². The van der Waals surface area contributed by atoms with Crippen molar-refractivity contribution in [1.82, 2.24) is 0 Å². The van der Waals surface area contributed by atoms with Crippen molar-refractivity contribution in [3.05, 3.63) is 25.3 Å². The van der Waals surface area contributed by atoms with Gasteiger partial charge in [-0.05, 0) is 0 Å². The Kier molecular flexibility index (Phi) is 13.3. The molecule has 0 saturated heterocycles. The topological polar surface area (TPSA) is 9.23 Å². The first-order chi connectivity index (χ1) is 3.41. The van der Waals surface area contributed by atoms with E-state index in [0.717, 1.165) is 0 Å². The van der Waals surface area contributed by atoms with Crippen molar-refractivity contribution in [2.24, 2.45) is 0 Å². The van der Waals surface area contributed by atoms with Gasteiger partial charge in [0.15, 0.2) is 0 Å². The molecule has 0 aliphatic heterocycles. The first-order valence-corrected chi connectivity index (χ1v) is 2.21. The average molecular weight is 132 g/mol. The van der Waals surface area contributed by atoms with Gasteiger partial charge in [-0.25, -0.2) is 0 Å². The van der Waals surface area contributed by atoms with Crippen molar-refractivity contribution in [2.75, 3.05) is 13.2 Å². The lowest BCUT2D eigenvalue weighted by Gasteiger charge is -1.89. The average Bonchev–Trinajstić information content (AvgIpc) is 1.69. The SMILES string of the molecule is C=CCOCC=C.S. The summed E-state index contributed by atoms with van der Waals surface area (Å²) in [5, 5.41) is 0. The summed E-state index contributed by atoms with van der Waals surface area (Å²) >= 11 is 0. The van der Waals surface area contributed by atoms with E-state index in [1.165, 1.54) is 0 Å². The predicted octanol–water partition coefficient (Wildman–Crippen LogP) is 1.49. The van der Waals surface area contributed by atoms with Crippen LogP contribution in [0.5, 0.6) is 0 Å². The molecule has 0 unspecified atom stereocenters. The van der Waals surface area contributed by atoms with E-state index in [0.29, 0.717) is 13.2 Å². The molecule has 0 atom stereocenters. The Labute approximate surface area is 57.5 Å². The van der Waals surface area contributed by atoms with Crippen molar-refractivity contribution >= 4 is 13.5 Å². The maximum atomic E-state index is 4.90. The maximum Gasteiger partial charge on any atom is 0.0649 e. The highest BCUT2D eigenvalue weighted by molar-refractivity contribution is 7.59. The summed E-state index contributed by atoms with van der Waals surface area (Å²) in [6, 6.07) is 0. The van der Waals surface area contributed by atoms with Gasteiger partial charge in [-0.2, -0.15) is 13.5 Å². The predicted molar refractivity (Wildman–Crippen MR) is 41.6 cm³/mol. The molecule has 0 aromatic heterocycles. The summed E-state index contributed by atoms with van der Waals surface area (Å²) in [7, 11) is 0. The van der Waals surface area contributed by atoms with Crippen molar-refractivity contribution < 1.29 is 4.74 Å². The molecular weight excluding hydrogens is 120 g/mol. The molecule has 0 heterocycles. The van der Waals surface area contributed by atoms with E-state index in [9.17, 15) is 0 Å². The molecule has 0 aromatic rings. The van der Waals surface area contributed by atoms with E-state index in [1.54, 1.807) is 12.2 Å². The number of ether oxygens (including phenoxy) is 1. The van der Waals surface area contributed by atoms with Crippen LogP contribution in [0.1, 0.15) is 0 Å². The summed E-state index contributed by atoms with van der Waals surface area (Å²) in [5.41, 5.74) is 0. The fourth-order valence-corrected chi connectivity index (χ4v) is 0.235. The van der Waals surface area contributed by atoms with E-state index >= 15 is 0 Å². The fourth-order valence-electron chi connectivity index (χ4n) is 0.235. The molecule has 0 rings (SSSR count). The van der Waals surface area contributed by atoms with Crippen LogP contribution in [-0.2, 0) is 4.74 Å². The zero-order valence-electron chi connectivity index (χ0n) is 4.89. The van der Waals surface area contributed by atoms with Gasteiger partial charge in [0.1, 0.15) is 0 Å². The highest BCUT2D eigenvalue weighted by Gasteiger charge is 1.70. The van der Waals surface area contributed by atoms with E-state index < -0.39 is 0 Å². The fraction of sp³-hybridized carbons (Fsp3) is 0.333. The van der Waals surface area contributed by atoms with Crippen LogP contribution >= 0.6 is 13.5 Å². The smallest absolute Gasteiger partial charge is 0.0649 e. The summed E-state index contributed by atoms with van der Waals surface area (Å²) < 4.78 is 4.90. The van der Waals surface area contributed by atoms with Gasteiger partial charge in [0.25, 0.3) is 0 Å². The quantitative estimate of drug-likeness (QED) is 0.416. The summed E-state index contributed by atoms with van der Waals surface area (Å²) in [6.45, 7) is 8.18. The van der Waals surface area contributed by atoms with E-state index in [-0.39, 0.29) is 13.5 Å². The molecule has 0 radical (unpaired) electrons. The Morgan fingerprint density at radius 1 is 1.12 bits per heavy atom. The summed E-state index contributed by atoms with van der Waals surface area (Å²) in [5.74, 6) is 0. The van der Waals surface area contributed by atoms with Gasteiger partial charge in [-0.15, -0.1) is 13.2 Å². The summed E-state index contributed by atoms with van der Waals surface area (Å²) in [4.78, 5) is 0. The van der Waals surface area contributed by atoms with Crippen LogP contribution < -0.4 is 0 Å². The van der Waals surface area contributed by atoms with Crippen LogP contribution in [-0.4, -0.2) is 13.2 Å². The van der Waals surface area contributed by atoms with Crippen molar-refractivity contribution in [3.63, 3.8) is 0 Å². The maximum absolute atomic E-state index is 4.90. The molecule has 0 spiro atoms. The van der Waals surface area contributed by atoms with Gasteiger partial charge in [0, 0.05) is 0 Å². The molecule has 48 valence electrons. The second-order valence-corrected chi connectivity index (χ2v) is 1.11. The molecular formula is C6H12OS. The standard InChI is InChI=1S/C6H10O.H2S/c1-3-5-7-6-4-2;/h3-4H,1-2,5-6H2;1H2. The molecule has 0 saturated carbocycles. The van der Waals surface area contributed by atoms with Gasteiger partial charge in [-0.1, -0.05) is 12.2 Å². The molecule has 0 aromatic carbocycles. The zero-order chi connectivity index (χ0) is 5.54. The number of hydrogen-bond acceptors (Lipinski definition) is 1.